The lowest BCUT2D eigenvalue weighted by atomic mass is 9.96. The molecule has 0 unspecified atom stereocenters. The Morgan fingerprint density at radius 3 is 2.70 bits per heavy atom. The molecule has 1 aliphatic rings. The van der Waals surface area contributed by atoms with E-state index in [1.165, 1.54) is 29.4 Å². The van der Waals surface area contributed by atoms with Crippen LogP contribution in [0, 0.1) is 0 Å². The highest BCUT2D eigenvalue weighted by Gasteiger charge is 2.34. The summed E-state index contributed by atoms with van der Waals surface area (Å²) in [7, 11) is 0. The first-order valence-corrected chi connectivity index (χ1v) is 6.83. The van der Waals surface area contributed by atoms with Crippen LogP contribution in [0.2, 0.25) is 0 Å². The molecule has 0 atom stereocenters. The molecule has 2 heterocycles. The van der Waals surface area contributed by atoms with Crippen molar-refractivity contribution in [3.63, 3.8) is 0 Å². The molecule has 0 spiro atoms. The van der Waals surface area contributed by atoms with Crippen molar-refractivity contribution in [1.29, 1.82) is 0 Å². The number of aldehydes is 1. The average molecular weight is 320 g/mol. The number of benzene rings is 1. The third-order valence-corrected chi connectivity index (χ3v) is 3.77. The number of halogens is 3. The zero-order valence-corrected chi connectivity index (χ0v) is 11.8. The van der Waals surface area contributed by atoms with E-state index >= 15 is 0 Å². The lowest BCUT2D eigenvalue weighted by Crippen LogP contribution is -2.38. The van der Waals surface area contributed by atoms with Crippen molar-refractivity contribution in [2.75, 3.05) is 11.4 Å². The van der Waals surface area contributed by atoms with Crippen LogP contribution in [-0.4, -0.2) is 23.7 Å². The summed E-state index contributed by atoms with van der Waals surface area (Å²) in [5.74, 6) is -0.562. The molecule has 0 aliphatic carbocycles. The van der Waals surface area contributed by atoms with Gasteiger partial charge in [-0.1, -0.05) is 6.07 Å². The Kier molecular flexibility index (Phi) is 3.63. The number of amides is 1. The smallest absolute Gasteiger partial charge is 0.306 e. The van der Waals surface area contributed by atoms with E-state index in [0.717, 1.165) is 12.1 Å². The van der Waals surface area contributed by atoms with Crippen LogP contribution in [0.1, 0.15) is 31.8 Å². The molecule has 1 amide bonds. The number of anilines is 1. The lowest BCUT2D eigenvalue weighted by molar-refractivity contribution is -0.137. The van der Waals surface area contributed by atoms with Gasteiger partial charge in [-0.05, 0) is 30.2 Å². The fourth-order valence-corrected chi connectivity index (χ4v) is 2.60. The molecule has 2 aromatic rings. The highest BCUT2D eigenvalue weighted by molar-refractivity contribution is 6.10. The maximum Gasteiger partial charge on any atom is 0.416 e. The fraction of sp³-hybridized carbons (Fsp3) is 0.188. The molecule has 7 heteroatoms. The topological polar surface area (TPSA) is 50.3 Å². The van der Waals surface area contributed by atoms with Gasteiger partial charge in [-0.15, -0.1) is 0 Å². The first kappa shape index (κ1) is 15.2. The molecule has 118 valence electrons. The van der Waals surface area contributed by atoms with Crippen LogP contribution in [0.15, 0.2) is 36.7 Å². The third-order valence-electron chi connectivity index (χ3n) is 3.77. The van der Waals surface area contributed by atoms with Gasteiger partial charge in [-0.2, -0.15) is 13.2 Å². The molecule has 1 aliphatic heterocycles. The lowest BCUT2D eigenvalue weighted by Gasteiger charge is -2.29. The number of carbonyl (C=O) groups is 2. The number of alkyl halides is 3. The molecule has 23 heavy (non-hydrogen) atoms. The van der Waals surface area contributed by atoms with Crippen LogP contribution >= 0.6 is 0 Å². The number of hydrogen-bond donors (Lipinski definition) is 0. The molecule has 0 fully saturated rings. The fourth-order valence-electron chi connectivity index (χ4n) is 2.60. The van der Waals surface area contributed by atoms with Crippen LogP contribution in [-0.2, 0) is 12.6 Å². The minimum absolute atomic E-state index is 0.00628. The van der Waals surface area contributed by atoms with Crippen LogP contribution < -0.4 is 4.90 Å². The molecular weight excluding hydrogens is 309 g/mol. The van der Waals surface area contributed by atoms with Gasteiger partial charge in [0, 0.05) is 23.9 Å². The second kappa shape index (κ2) is 5.49. The normalized spacial score (nSPS) is 14.6. The van der Waals surface area contributed by atoms with Crippen molar-refractivity contribution in [1.82, 2.24) is 4.98 Å². The molecule has 4 nitrogen and oxygen atoms in total. The molecule has 0 N–H and O–H groups in total. The second-order valence-corrected chi connectivity index (χ2v) is 5.13. The van der Waals surface area contributed by atoms with Crippen LogP contribution in [0.3, 0.4) is 0 Å². The largest absolute Gasteiger partial charge is 0.416 e. The first-order valence-electron chi connectivity index (χ1n) is 6.83. The van der Waals surface area contributed by atoms with Crippen molar-refractivity contribution in [3.8, 4) is 0 Å². The Morgan fingerprint density at radius 1 is 1.22 bits per heavy atom. The van der Waals surface area contributed by atoms with E-state index in [4.69, 9.17) is 0 Å². The molecule has 0 saturated carbocycles. The molecule has 0 radical (unpaired) electrons. The summed E-state index contributed by atoms with van der Waals surface area (Å²) >= 11 is 0. The molecule has 3 rings (SSSR count). The van der Waals surface area contributed by atoms with Gasteiger partial charge in [-0.3, -0.25) is 14.6 Å². The summed E-state index contributed by atoms with van der Waals surface area (Å²) in [6, 6.07) is 4.62. The van der Waals surface area contributed by atoms with E-state index < -0.39 is 17.6 Å². The van der Waals surface area contributed by atoms with E-state index in [-0.39, 0.29) is 17.7 Å². The molecule has 0 bridgehead atoms. The number of carbonyl (C=O) groups excluding carboxylic acids is 2. The van der Waals surface area contributed by atoms with Gasteiger partial charge in [0.1, 0.15) is 0 Å². The van der Waals surface area contributed by atoms with Gasteiger partial charge in [0.05, 0.1) is 17.4 Å². The summed E-state index contributed by atoms with van der Waals surface area (Å²) in [5, 5.41) is 0. The van der Waals surface area contributed by atoms with E-state index in [2.05, 4.69) is 4.98 Å². The van der Waals surface area contributed by atoms with E-state index in [1.54, 1.807) is 0 Å². The Morgan fingerprint density at radius 2 is 2.00 bits per heavy atom. The van der Waals surface area contributed by atoms with Gasteiger partial charge in [0.2, 0.25) is 0 Å². The van der Waals surface area contributed by atoms with Crippen molar-refractivity contribution < 1.29 is 22.8 Å². The predicted molar refractivity (Wildman–Crippen MR) is 76.4 cm³/mol. The van der Waals surface area contributed by atoms with Crippen LogP contribution in [0.4, 0.5) is 18.9 Å². The van der Waals surface area contributed by atoms with Crippen molar-refractivity contribution in [3.05, 3.63) is 58.9 Å². The number of rotatable bonds is 2. The monoisotopic (exact) mass is 320 g/mol. The average Bonchev–Trinajstić information content (AvgIpc) is 2.54. The van der Waals surface area contributed by atoms with Gasteiger partial charge in [0.15, 0.2) is 6.29 Å². The highest BCUT2D eigenvalue weighted by atomic mass is 19.4. The quantitative estimate of drug-likeness (QED) is 0.799. The number of nitrogens with zero attached hydrogens (tertiary/aromatic N) is 2. The molecule has 1 aromatic carbocycles. The summed E-state index contributed by atoms with van der Waals surface area (Å²) in [6.45, 7) is 0.281. The Balaban J connectivity index is 2.05. The minimum Gasteiger partial charge on any atom is -0.306 e. The summed E-state index contributed by atoms with van der Waals surface area (Å²) in [4.78, 5) is 28.8. The zero-order valence-electron chi connectivity index (χ0n) is 11.8. The van der Waals surface area contributed by atoms with E-state index in [0.29, 0.717) is 24.0 Å². The van der Waals surface area contributed by atoms with Gasteiger partial charge >= 0.3 is 6.18 Å². The Labute approximate surface area is 129 Å². The van der Waals surface area contributed by atoms with E-state index in [9.17, 15) is 22.8 Å². The number of pyridine rings is 1. The Hall–Kier alpha value is -2.70. The molecule has 1 aromatic heterocycles. The van der Waals surface area contributed by atoms with Gasteiger partial charge in [-0.25, -0.2) is 0 Å². The number of fused-ring (bicyclic) bond motifs is 1. The summed E-state index contributed by atoms with van der Waals surface area (Å²) in [6.07, 6.45) is -0.740. The Bertz CT molecular complexity index is 787. The molecular formula is C16H11F3N2O2. The van der Waals surface area contributed by atoms with Crippen molar-refractivity contribution >= 4 is 17.9 Å². The maximum absolute atomic E-state index is 12.8. The number of aromatic nitrogens is 1. The minimum atomic E-state index is -4.51. The van der Waals surface area contributed by atoms with Crippen molar-refractivity contribution in [2.24, 2.45) is 0 Å². The van der Waals surface area contributed by atoms with Crippen LogP contribution in [0.5, 0.6) is 0 Å². The number of hydrogen-bond acceptors (Lipinski definition) is 3. The third kappa shape index (κ3) is 2.69. The van der Waals surface area contributed by atoms with Gasteiger partial charge < -0.3 is 4.90 Å². The molecule has 0 saturated heterocycles. The van der Waals surface area contributed by atoms with Crippen LogP contribution in [0.25, 0.3) is 0 Å². The predicted octanol–water partition coefficient (Wildman–Crippen LogP) is 3.12. The first-order chi connectivity index (χ1) is 10.9. The van der Waals surface area contributed by atoms with Gasteiger partial charge in [0.25, 0.3) is 5.91 Å². The van der Waals surface area contributed by atoms with Crippen molar-refractivity contribution in [2.45, 2.75) is 12.6 Å². The summed E-state index contributed by atoms with van der Waals surface area (Å²) in [5.41, 5.74) is 0.273. The summed E-state index contributed by atoms with van der Waals surface area (Å²) < 4.78 is 38.5. The maximum atomic E-state index is 12.8. The van der Waals surface area contributed by atoms with E-state index in [1.807, 2.05) is 0 Å². The SMILES string of the molecule is O=Cc1ccncc1N1CCc2ccc(C(F)(F)F)cc2C1=O. The highest BCUT2D eigenvalue weighted by Crippen LogP contribution is 2.33. The zero-order chi connectivity index (χ0) is 16.6. The second-order valence-electron chi connectivity index (χ2n) is 5.13. The standard InChI is InChI=1S/C16H11F3N2O2/c17-16(18,19)12-2-1-10-4-6-21(15(23)13(10)7-12)14-8-20-5-3-11(14)9-22/h1-3,5,7-9H,4,6H2.